The van der Waals surface area contributed by atoms with Crippen LogP contribution in [0.15, 0.2) is 30.3 Å². The van der Waals surface area contributed by atoms with E-state index in [9.17, 15) is 31.1 Å². The molecule has 1 heterocycles. The summed E-state index contributed by atoms with van der Waals surface area (Å²) in [6.45, 7) is 7.51. The van der Waals surface area contributed by atoms with Gasteiger partial charge in [-0.2, -0.15) is 13.2 Å². The quantitative estimate of drug-likeness (QED) is 0.271. The van der Waals surface area contributed by atoms with Crippen LogP contribution in [0.2, 0.25) is 0 Å². The summed E-state index contributed by atoms with van der Waals surface area (Å²) in [5.41, 5.74) is 0.870. The van der Waals surface area contributed by atoms with Crippen molar-refractivity contribution in [1.82, 2.24) is 10.2 Å². The lowest BCUT2D eigenvalue weighted by Gasteiger charge is -2.48. The number of halogens is 6. The molecule has 1 saturated heterocycles. The Kier molecular flexibility index (Phi) is 10.1. The number of nitrogens with zero attached hydrogens (tertiary/aromatic N) is 1. The first-order valence-electron chi connectivity index (χ1n) is 13.4. The molecule has 1 aliphatic carbocycles. The summed E-state index contributed by atoms with van der Waals surface area (Å²) < 4.78 is 83.1. The Morgan fingerprint density at radius 1 is 0.977 bits per heavy atom. The van der Waals surface area contributed by atoms with Crippen LogP contribution in [0.3, 0.4) is 0 Å². The average molecular weight is 620 g/mol. The van der Waals surface area contributed by atoms with Crippen molar-refractivity contribution in [3.8, 4) is 11.5 Å². The van der Waals surface area contributed by atoms with Crippen molar-refractivity contribution in [3.05, 3.63) is 53.3 Å². The van der Waals surface area contributed by atoms with Crippen molar-refractivity contribution in [3.63, 3.8) is 0 Å². The molecule has 1 saturated carbocycles. The molecule has 0 radical (unpaired) electrons. The van der Waals surface area contributed by atoms with Gasteiger partial charge >= 0.3 is 18.2 Å². The van der Waals surface area contributed by atoms with Gasteiger partial charge in [0.2, 0.25) is 0 Å². The van der Waals surface area contributed by atoms with E-state index < -0.39 is 35.6 Å². The minimum absolute atomic E-state index is 0.0731. The third kappa shape index (κ3) is 7.64. The number of hydrogen-bond acceptors (Lipinski definition) is 5. The number of ether oxygens (including phenoxy) is 2. The molecule has 43 heavy (non-hydrogen) atoms. The van der Waals surface area contributed by atoms with E-state index in [0.717, 1.165) is 37.9 Å². The van der Waals surface area contributed by atoms with Gasteiger partial charge in [-0.25, -0.2) is 22.8 Å². The van der Waals surface area contributed by atoms with Gasteiger partial charge in [-0.1, -0.05) is 6.07 Å². The van der Waals surface area contributed by atoms with E-state index in [1.54, 1.807) is 14.2 Å². The SMILES string of the molecule is COc1ccc([C@@]23CC[C@@H](NC(=O)Nc4cc(F)c(F)c(F)c4)C[C@@H]2N(C(C)(C)C)CC3)cc1OC.O=C(O)C(F)(F)F. The number of carboxylic acid groups (broad SMARTS) is 1. The summed E-state index contributed by atoms with van der Waals surface area (Å²) in [4.78, 5) is 24.1. The van der Waals surface area contributed by atoms with Crippen molar-refractivity contribution < 1.29 is 50.5 Å². The molecule has 0 spiro atoms. The van der Waals surface area contributed by atoms with Crippen molar-refractivity contribution in [1.29, 1.82) is 0 Å². The van der Waals surface area contributed by atoms with E-state index in [1.807, 2.05) is 6.07 Å². The Labute approximate surface area is 245 Å². The number of alkyl halides is 3. The minimum atomic E-state index is -5.08. The molecule has 2 fully saturated rings. The summed E-state index contributed by atoms with van der Waals surface area (Å²) in [5.74, 6) is -5.66. The van der Waals surface area contributed by atoms with E-state index >= 15 is 0 Å². The Hall–Kier alpha value is -3.68. The number of fused-ring (bicyclic) bond motifs is 1. The lowest BCUT2D eigenvalue weighted by Crippen LogP contribution is -2.56. The summed E-state index contributed by atoms with van der Waals surface area (Å²) in [5, 5.41) is 12.5. The van der Waals surface area contributed by atoms with Gasteiger partial charge in [0, 0.05) is 40.9 Å². The number of nitrogens with one attached hydrogen (secondary N) is 2. The highest BCUT2D eigenvalue weighted by atomic mass is 19.4. The summed E-state index contributed by atoms with van der Waals surface area (Å²) >= 11 is 0. The number of likely N-dealkylation sites (tertiary alicyclic amines) is 1. The van der Waals surface area contributed by atoms with Gasteiger partial charge in [0.25, 0.3) is 0 Å². The molecule has 0 bridgehead atoms. The third-order valence-electron chi connectivity index (χ3n) is 7.90. The third-order valence-corrected chi connectivity index (χ3v) is 7.90. The first-order valence-corrected chi connectivity index (χ1v) is 13.4. The number of carbonyl (C=O) groups is 2. The summed E-state index contributed by atoms with van der Waals surface area (Å²) in [6, 6.07) is 7.09. The number of aliphatic carboxylic acids is 1. The average Bonchev–Trinajstić information content (AvgIpc) is 3.31. The van der Waals surface area contributed by atoms with E-state index in [1.165, 1.54) is 5.56 Å². The second-order valence-corrected chi connectivity index (χ2v) is 11.5. The first-order chi connectivity index (χ1) is 19.9. The topological polar surface area (TPSA) is 100 Å². The molecule has 2 amide bonds. The van der Waals surface area contributed by atoms with Crippen LogP contribution in [-0.2, 0) is 10.2 Å². The maximum atomic E-state index is 13.5. The van der Waals surface area contributed by atoms with Crippen molar-refractivity contribution in [2.24, 2.45) is 0 Å². The van der Waals surface area contributed by atoms with Crippen molar-refractivity contribution in [2.75, 3.05) is 26.1 Å². The normalized spacial score (nSPS) is 22.1. The van der Waals surface area contributed by atoms with E-state index in [0.29, 0.717) is 17.9 Å². The molecule has 2 aromatic rings. The highest BCUT2D eigenvalue weighted by Crippen LogP contribution is 2.52. The smallest absolute Gasteiger partial charge is 0.490 e. The van der Waals surface area contributed by atoms with Gasteiger partial charge in [-0.3, -0.25) is 4.90 Å². The van der Waals surface area contributed by atoms with Crippen LogP contribution >= 0.6 is 0 Å². The van der Waals surface area contributed by atoms with Gasteiger partial charge in [0.15, 0.2) is 29.0 Å². The fraction of sp³-hybridized carbons (Fsp3) is 0.517. The number of carboxylic acids is 1. The second-order valence-electron chi connectivity index (χ2n) is 11.5. The number of anilines is 1. The maximum absolute atomic E-state index is 13.5. The molecule has 1 aliphatic heterocycles. The fourth-order valence-electron chi connectivity index (χ4n) is 5.95. The molecule has 0 aromatic heterocycles. The van der Waals surface area contributed by atoms with Gasteiger partial charge in [-0.15, -0.1) is 0 Å². The van der Waals surface area contributed by atoms with Crippen LogP contribution in [0.4, 0.5) is 36.8 Å². The number of carbonyl (C=O) groups excluding carboxylic acids is 1. The van der Waals surface area contributed by atoms with Crippen LogP contribution < -0.4 is 20.1 Å². The Balaban J connectivity index is 0.000000646. The van der Waals surface area contributed by atoms with E-state index in [2.05, 4.69) is 48.4 Å². The van der Waals surface area contributed by atoms with E-state index in [-0.39, 0.29) is 28.7 Å². The molecule has 0 unspecified atom stereocenters. The summed E-state index contributed by atoms with van der Waals surface area (Å²) in [7, 11) is 3.25. The predicted octanol–water partition coefficient (Wildman–Crippen LogP) is 6.24. The Morgan fingerprint density at radius 3 is 2.07 bits per heavy atom. The summed E-state index contributed by atoms with van der Waals surface area (Å²) in [6.07, 6.45) is -1.80. The molecule has 8 nitrogen and oxygen atoms in total. The maximum Gasteiger partial charge on any atom is 0.490 e. The lowest BCUT2D eigenvalue weighted by molar-refractivity contribution is -0.192. The zero-order valence-electron chi connectivity index (χ0n) is 24.4. The lowest BCUT2D eigenvalue weighted by atomic mass is 9.64. The van der Waals surface area contributed by atoms with Crippen LogP contribution in [0.25, 0.3) is 0 Å². The number of rotatable bonds is 5. The van der Waals surface area contributed by atoms with Gasteiger partial charge in [0.05, 0.1) is 14.2 Å². The predicted molar refractivity (Wildman–Crippen MR) is 146 cm³/mol. The molecular weight excluding hydrogens is 584 g/mol. The van der Waals surface area contributed by atoms with Crippen molar-refractivity contribution >= 4 is 17.7 Å². The molecule has 2 aliphatic rings. The molecule has 3 N–H and O–H groups in total. The van der Waals surface area contributed by atoms with Crippen LogP contribution in [0, 0.1) is 17.5 Å². The van der Waals surface area contributed by atoms with Gasteiger partial charge in [-0.05, 0) is 70.7 Å². The molecular formula is C29H35F6N3O5. The number of hydrogen-bond donors (Lipinski definition) is 3. The van der Waals surface area contributed by atoms with Crippen LogP contribution in [-0.4, -0.2) is 66.6 Å². The zero-order valence-corrected chi connectivity index (χ0v) is 24.4. The number of urea groups is 1. The van der Waals surface area contributed by atoms with Crippen LogP contribution in [0.1, 0.15) is 52.0 Å². The highest BCUT2D eigenvalue weighted by Gasteiger charge is 2.54. The van der Waals surface area contributed by atoms with E-state index in [4.69, 9.17) is 19.4 Å². The molecule has 2 aromatic carbocycles. The monoisotopic (exact) mass is 619 g/mol. The largest absolute Gasteiger partial charge is 0.493 e. The molecule has 3 atom stereocenters. The number of benzene rings is 2. The molecule has 238 valence electrons. The second kappa shape index (κ2) is 12.9. The van der Waals surface area contributed by atoms with Gasteiger partial charge in [0.1, 0.15) is 0 Å². The molecule has 14 heteroatoms. The number of amides is 2. The minimum Gasteiger partial charge on any atom is -0.493 e. The fourth-order valence-corrected chi connectivity index (χ4v) is 5.95. The highest BCUT2D eigenvalue weighted by molar-refractivity contribution is 5.89. The van der Waals surface area contributed by atoms with Crippen molar-refractivity contribution in [2.45, 2.75) is 75.7 Å². The Morgan fingerprint density at radius 2 is 1.56 bits per heavy atom. The van der Waals surface area contributed by atoms with Gasteiger partial charge < -0.3 is 25.2 Å². The zero-order chi connectivity index (χ0) is 32.3. The van der Waals surface area contributed by atoms with Crippen LogP contribution in [0.5, 0.6) is 11.5 Å². The Bertz CT molecular complexity index is 1310. The molecule has 4 rings (SSSR count). The number of methoxy groups -OCH3 is 2. The standard InChI is InChI=1S/C27H34F3N3O3.C2HF3O2/c1-26(2,3)33-11-10-27(16-6-7-21(35-4)22(12-16)36-5)9-8-17(15-23(27)33)31-25(34)32-18-13-19(28)24(30)20(29)14-18;3-2(4,5)1(6)7/h6-7,12-14,17,23H,8-11,15H2,1-5H3,(H2,31,32,34);(H,6,7)/t17-,23+,27+;/m1./s1. The first kappa shape index (κ1) is 33.8.